The summed E-state index contributed by atoms with van der Waals surface area (Å²) in [7, 11) is 0. The van der Waals surface area contributed by atoms with Crippen LogP contribution in [0.3, 0.4) is 0 Å². The number of halogens is 2. The first-order valence-electron chi connectivity index (χ1n) is 8.30. The molecule has 0 unspecified atom stereocenters. The van der Waals surface area contributed by atoms with Crippen molar-refractivity contribution in [2.24, 2.45) is 11.8 Å². The molecule has 1 aromatic carbocycles. The van der Waals surface area contributed by atoms with Crippen LogP contribution in [0.5, 0.6) is 0 Å². The lowest BCUT2D eigenvalue weighted by molar-refractivity contribution is -0.119. The molecule has 1 saturated carbocycles. The van der Waals surface area contributed by atoms with E-state index in [0.717, 1.165) is 42.8 Å². The molecule has 0 heterocycles. The quantitative estimate of drug-likeness (QED) is 0.420. The number of thioether (sulfide) groups is 1. The number of thiocarbonyl (C=S) groups is 1. The first-order chi connectivity index (χ1) is 11.9. The smallest absolute Gasteiger partial charge is 0.248 e. The first-order valence-corrected chi connectivity index (χ1v) is 9.69. The van der Waals surface area contributed by atoms with E-state index in [4.69, 9.17) is 12.2 Å². The molecule has 0 radical (unpaired) electrons. The van der Waals surface area contributed by atoms with Crippen molar-refractivity contribution in [2.75, 3.05) is 5.75 Å². The second-order valence-electron chi connectivity index (χ2n) is 6.38. The lowest BCUT2D eigenvalue weighted by atomic mass is 9.78. The summed E-state index contributed by atoms with van der Waals surface area (Å²) in [4.78, 5) is 11.9. The number of hydrogen-bond acceptors (Lipinski definition) is 3. The summed E-state index contributed by atoms with van der Waals surface area (Å²) in [6.07, 6.45) is 3.44. The van der Waals surface area contributed by atoms with Gasteiger partial charge in [0.2, 0.25) is 5.91 Å². The molecule has 3 atom stereocenters. The number of amides is 1. The number of nitrogens with one attached hydrogen (secondary N) is 3. The first kappa shape index (κ1) is 19.9. The molecular formula is C17H23F2N3OS2. The zero-order valence-corrected chi connectivity index (χ0v) is 15.9. The minimum absolute atomic E-state index is 0.0488. The maximum absolute atomic E-state index is 13.5. The van der Waals surface area contributed by atoms with Crippen molar-refractivity contribution in [2.45, 2.75) is 44.0 Å². The maximum Gasteiger partial charge on any atom is 0.248 e. The molecule has 3 N–H and O–H groups in total. The van der Waals surface area contributed by atoms with Gasteiger partial charge in [-0.3, -0.25) is 15.6 Å². The van der Waals surface area contributed by atoms with E-state index in [9.17, 15) is 13.6 Å². The Hall–Kier alpha value is -1.41. The molecule has 8 heteroatoms. The summed E-state index contributed by atoms with van der Waals surface area (Å²) in [5, 5.41) is 3.60. The Labute approximate surface area is 156 Å². The normalized spacial score (nSPS) is 23.0. The highest BCUT2D eigenvalue weighted by atomic mass is 32.2. The van der Waals surface area contributed by atoms with Crippen molar-refractivity contribution in [3.05, 3.63) is 29.8 Å². The number of carbonyl (C=O) groups excluding carboxylic acids is 1. The number of rotatable bonds is 4. The van der Waals surface area contributed by atoms with E-state index in [1.807, 2.05) is 0 Å². The molecule has 1 aromatic rings. The highest BCUT2D eigenvalue weighted by molar-refractivity contribution is 8.00. The van der Waals surface area contributed by atoms with Crippen LogP contribution in [0.2, 0.25) is 0 Å². The molecule has 0 aliphatic heterocycles. The zero-order chi connectivity index (χ0) is 18.4. The number of hydrazine groups is 1. The van der Waals surface area contributed by atoms with Gasteiger partial charge < -0.3 is 5.32 Å². The van der Waals surface area contributed by atoms with Crippen LogP contribution < -0.4 is 16.2 Å². The molecule has 1 fully saturated rings. The van der Waals surface area contributed by atoms with Crippen LogP contribution in [0.4, 0.5) is 8.78 Å². The van der Waals surface area contributed by atoms with Crippen LogP contribution in [-0.4, -0.2) is 22.8 Å². The van der Waals surface area contributed by atoms with Crippen molar-refractivity contribution in [3.8, 4) is 0 Å². The predicted octanol–water partition coefficient (Wildman–Crippen LogP) is 3.38. The van der Waals surface area contributed by atoms with Gasteiger partial charge in [0.1, 0.15) is 11.6 Å². The van der Waals surface area contributed by atoms with Gasteiger partial charge in [0.15, 0.2) is 5.11 Å². The van der Waals surface area contributed by atoms with Gasteiger partial charge in [0.05, 0.1) is 5.75 Å². The third kappa shape index (κ3) is 6.11. The molecule has 0 spiro atoms. The average molecular weight is 388 g/mol. The zero-order valence-electron chi connectivity index (χ0n) is 14.3. The molecule has 138 valence electrons. The molecule has 0 aromatic heterocycles. The molecule has 4 nitrogen and oxygen atoms in total. The van der Waals surface area contributed by atoms with Gasteiger partial charge in [-0.05, 0) is 48.7 Å². The van der Waals surface area contributed by atoms with E-state index in [2.05, 4.69) is 30.0 Å². The van der Waals surface area contributed by atoms with Crippen LogP contribution in [-0.2, 0) is 4.79 Å². The maximum atomic E-state index is 13.5. The van der Waals surface area contributed by atoms with Crippen molar-refractivity contribution < 1.29 is 13.6 Å². The topological polar surface area (TPSA) is 53.2 Å². The van der Waals surface area contributed by atoms with Crippen LogP contribution in [0.15, 0.2) is 23.1 Å². The highest BCUT2D eigenvalue weighted by Gasteiger charge is 2.27. The Bertz CT molecular complexity index is 630. The fraction of sp³-hybridized carbons (Fsp3) is 0.529. The Morgan fingerprint density at radius 3 is 2.80 bits per heavy atom. The minimum Gasteiger partial charge on any atom is -0.358 e. The monoisotopic (exact) mass is 387 g/mol. The average Bonchev–Trinajstić information content (AvgIpc) is 2.58. The van der Waals surface area contributed by atoms with Crippen LogP contribution in [0.1, 0.15) is 33.1 Å². The molecule has 0 bridgehead atoms. The van der Waals surface area contributed by atoms with E-state index in [0.29, 0.717) is 16.9 Å². The fourth-order valence-corrected chi connectivity index (χ4v) is 3.85. The van der Waals surface area contributed by atoms with Crippen molar-refractivity contribution in [1.29, 1.82) is 0 Å². The lowest BCUT2D eigenvalue weighted by Gasteiger charge is -2.35. The van der Waals surface area contributed by atoms with Gasteiger partial charge in [-0.1, -0.05) is 26.7 Å². The van der Waals surface area contributed by atoms with Crippen LogP contribution in [0, 0.1) is 23.5 Å². The van der Waals surface area contributed by atoms with E-state index in [-0.39, 0.29) is 22.6 Å². The summed E-state index contributed by atoms with van der Waals surface area (Å²) >= 11 is 6.13. The van der Waals surface area contributed by atoms with Gasteiger partial charge in [-0.25, -0.2) is 8.78 Å². The third-order valence-corrected chi connectivity index (χ3v) is 5.84. The Morgan fingerprint density at radius 2 is 2.04 bits per heavy atom. The van der Waals surface area contributed by atoms with Gasteiger partial charge in [0.25, 0.3) is 0 Å². The summed E-state index contributed by atoms with van der Waals surface area (Å²) < 4.78 is 26.6. The molecule has 0 saturated heterocycles. The summed E-state index contributed by atoms with van der Waals surface area (Å²) in [5.74, 6) is -0.361. The second kappa shape index (κ2) is 9.33. The molecule has 1 aliphatic rings. The van der Waals surface area contributed by atoms with E-state index >= 15 is 0 Å². The predicted molar refractivity (Wildman–Crippen MR) is 100 cm³/mol. The molecule has 2 rings (SSSR count). The van der Waals surface area contributed by atoms with Crippen molar-refractivity contribution in [3.63, 3.8) is 0 Å². The van der Waals surface area contributed by atoms with Gasteiger partial charge in [-0.2, -0.15) is 0 Å². The van der Waals surface area contributed by atoms with E-state index in [1.54, 1.807) is 0 Å². The molecule has 25 heavy (non-hydrogen) atoms. The van der Waals surface area contributed by atoms with Crippen LogP contribution >= 0.6 is 24.0 Å². The molecular weight excluding hydrogens is 364 g/mol. The highest BCUT2D eigenvalue weighted by Crippen LogP contribution is 2.29. The van der Waals surface area contributed by atoms with Gasteiger partial charge in [-0.15, -0.1) is 11.8 Å². The van der Waals surface area contributed by atoms with Crippen molar-refractivity contribution >= 4 is 35.0 Å². The van der Waals surface area contributed by atoms with E-state index < -0.39 is 11.6 Å². The summed E-state index contributed by atoms with van der Waals surface area (Å²) in [6, 6.07) is 3.44. The summed E-state index contributed by atoms with van der Waals surface area (Å²) in [5.41, 5.74) is 5.14. The second-order valence-corrected chi connectivity index (χ2v) is 7.81. The minimum atomic E-state index is -0.551. The largest absolute Gasteiger partial charge is 0.358 e. The van der Waals surface area contributed by atoms with E-state index in [1.165, 1.54) is 6.42 Å². The van der Waals surface area contributed by atoms with Crippen molar-refractivity contribution in [1.82, 2.24) is 16.2 Å². The number of benzene rings is 1. The molecule has 1 amide bonds. The Balaban J connectivity index is 1.72. The van der Waals surface area contributed by atoms with Gasteiger partial charge in [0, 0.05) is 10.9 Å². The number of hydrogen-bond donors (Lipinski definition) is 3. The fourth-order valence-electron chi connectivity index (χ4n) is 2.88. The number of carbonyl (C=O) groups is 1. The SMILES string of the molecule is C[C@@H]1[C@@H](C)CCC[C@H]1NC(=S)NNC(=O)CSc1cc(F)ccc1F. The Kier molecular flexibility index (Phi) is 7.43. The molecule has 1 aliphatic carbocycles. The lowest BCUT2D eigenvalue weighted by Crippen LogP contribution is -2.52. The van der Waals surface area contributed by atoms with Crippen LogP contribution in [0.25, 0.3) is 0 Å². The summed E-state index contributed by atoms with van der Waals surface area (Å²) in [6.45, 7) is 4.44. The standard InChI is InChI=1S/C17H23F2N3OS2/c1-10-4-3-5-14(11(10)2)20-17(24)22-21-16(23)9-25-15-8-12(18)6-7-13(15)19/h6-8,10-11,14H,3-5,9H2,1-2H3,(H,21,23)(H2,20,22,24)/t10-,11+,14+/m0/s1. The Morgan fingerprint density at radius 1 is 1.28 bits per heavy atom. The third-order valence-electron chi connectivity index (χ3n) is 4.59. The van der Waals surface area contributed by atoms with Gasteiger partial charge >= 0.3 is 0 Å².